The Kier molecular flexibility index (Phi) is 5.33. The molecule has 1 atom stereocenters. The van der Waals surface area contributed by atoms with E-state index in [1.54, 1.807) is 4.90 Å². The number of hydrogen-bond acceptors (Lipinski definition) is 6. The van der Waals surface area contributed by atoms with Crippen LogP contribution in [0.1, 0.15) is 13.3 Å². The Labute approximate surface area is 143 Å². The van der Waals surface area contributed by atoms with Crippen LogP contribution in [0.2, 0.25) is 0 Å². The Morgan fingerprint density at radius 1 is 1.29 bits per heavy atom. The molecule has 0 radical (unpaired) electrons. The molecule has 2 amide bonds. The zero-order valence-electron chi connectivity index (χ0n) is 14.2. The van der Waals surface area contributed by atoms with Crippen molar-refractivity contribution in [2.45, 2.75) is 24.2 Å². The molecular weight excluding hydrogens is 334 g/mol. The quantitative estimate of drug-likeness (QED) is 0.713. The van der Waals surface area contributed by atoms with Crippen molar-refractivity contribution >= 4 is 15.9 Å². The zero-order valence-corrected chi connectivity index (χ0v) is 15.0. The molecule has 1 N–H and O–H groups in total. The number of ether oxygens (including phenoxy) is 2. The summed E-state index contributed by atoms with van der Waals surface area (Å²) in [5.74, 6) is 0.00651. The van der Waals surface area contributed by atoms with E-state index < -0.39 is 20.7 Å². The molecule has 0 aliphatic carbocycles. The van der Waals surface area contributed by atoms with Gasteiger partial charge in [0.05, 0.1) is 43.9 Å². The number of carbonyl (C=O) groups excluding carboxylic acids is 1. The summed E-state index contributed by atoms with van der Waals surface area (Å²) in [6.07, 6.45) is 0.874. The molecule has 138 valence electrons. The monoisotopic (exact) mass is 361 g/mol. The van der Waals surface area contributed by atoms with Gasteiger partial charge in [-0.2, -0.15) is 0 Å². The third-order valence-electron chi connectivity index (χ3n) is 4.88. The number of hydrogen-bond donors (Lipinski definition) is 1. The van der Waals surface area contributed by atoms with Gasteiger partial charge in [0.1, 0.15) is 5.60 Å². The van der Waals surface area contributed by atoms with Gasteiger partial charge in [0.25, 0.3) is 0 Å². The topological polar surface area (TPSA) is 88.2 Å². The number of urea groups is 1. The number of morpholine rings is 1. The maximum atomic E-state index is 12.7. The Hall–Kier alpha value is -0.900. The summed E-state index contributed by atoms with van der Waals surface area (Å²) in [7, 11) is -3.22. The molecule has 1 spiro atoms. The van der Waals surface area contributed by atoms with Crippen molar-refractivity contribution in [3.8, 4) is 0 Å². The Morgan fingerprint density at radius 3 is 2.62 bits per heavy atom. The first kappa shape index (κ1) is 17.9. The standard InChI is InChI=1S/C15H27N3O5S/c1-2-3-16-14(19)18-10-15(11-18)12-24(20,21)13(9-23-15)8-17-4-6-22-7-5-17/h13H,2-12H2,1H3,(H,16,19)/t13-/m0/s1. The molecule has 0 saturated carbocycles. The molecule has 0 aromatic rings. The van der Waals surface area contributed by atoms with Crippen molar-refractivity contribution in [1.29, 1.82) is 0 Å². The van der Waals surface area contributed by atoms with Crippen molar-refractivity contribution in [1.82, 2.24) is 15.1 Å². The van der Waals surface area contributed by atoms with E-state index >= 15 is 0 Å². The minimum atomic E-state index is -3.22. The molecule has 3 heterocycles. The van der Waals surface area contributed by atoms with E-state index in [0.29, 0.717) is 39.4 Å². The second-order valence-corrected chi connectivity index (χ2v) is 9.21. The number of likely N-dealkylation sites (tertiary alicyclic amines) is 1. The molecule has 0 unspecified atom stereocenters. The summed E-state index contributed by atoms with van der Waals surface area (Å²) in [6.45, 7) is 6.88. The van der Waals surface area contributed by atoms with Gasteiger partial charge in [-0.15, -0.1) is 0 Å². The second-order valence-electron chi connectivity index (χ2n) is 6.92. The molecule has 3 fully saturated rings. The van der Waals surface area contributed by atoms with Crippen LogP contribution in [0.25, 0.3) is 0 Å². The van der Waals surface area contributed by atoms with E-state index in [1.807, 2.05) is 6.92 Å². The lowest BCUT2D eigenvalue weighted by Gasteiger charge is -2.52. The van der Waals surface area contributed by atoms with Crippen molar-refractivity contribution in [3.05, 3.63) is 0 Å². The van der Waals surface area contributed by atoms with Gasteiger partial charge >= 0.3 is 6.03 Å². The number of nitrogens with one attached hydrogen (secondary N) is 1. The summed E-state index contributed by atoms with van der Waals surface area (Å²) >= 11 is 0. The highest BCUT2D eigenvalue weighted by Gasteiger charge is 2.53. The summed E-state index contributed by atoms with van der Waals surface area (Å²) in [5.41, 5.74) is -0.704. The van der Waals surface area contributed by atoms with Crippen LogP contribution >= 0.6 is 0 Å². The number of carbonyl (C=O) groups is 1. The van der Waals surface area contributed by atoms with Crippen molar-refractivity contribution in [2.24, 2.45) is 0 Å². The molecule has 0 bridgehead atoms. The normalized spacial score (nSPS) is 29.2. The lowest BCUT2D eigenvalue weighted by atomic mass is 9.96. The molecular formula is C15H27N3O5S. The molecule has 24 heavy (non-hydrogen) atoms. The van der Waals surface area contributed by atoms with E-state index in [9.17, 15) is 13.2 Å². The molecule has 3 saturated heterocycles. The van der Waals surface area contributed by atoms with Crippen molar-refractivity contribution in [3.63, 3.8) is 0 Å². The molecule has 3 aliphatic heterocycles. The maximum absolute atomic E-state index is 12.7. The van der Waals surface area contributed by atoms with Crippen molar-refractivity contribution in [2.75, 3.05) is 64.8 Å². The van der Waals surface area contributed by atoms with E-state index in [4.69, 9.17) is 9.47 Å². The van der Waals surface area contributed by atoms with Crippen LogP contribution in [0.5, 0.6) is 0 Å². The average Bonchev–Trinajstić information content (AvgIpc) is 2.53. The van der Waals surface area contributed by atoms with Gasteiger partial charge < -0.3 is 19.7 Å². The molecule has 8 nitrogen and oxygen atoms in total. The maximum Gasteiger partial charge on any atom is 0.317 e. The Morgan fingerprint density at radius 2 is 2.00 bits per heavy atom. The molecule has 3 rings (SSSR count). The van der Waals surface area contributed by atoms with Gasteiger partial charge in [-0.25, -0.2) is 13.2 Å². The van der Waals surface area contributed by atoms with Crippen LogP contribution < -0.4 is 5.32 Å². The second kappa shape index (κ2) is 7.15. The largest absolute Gasteiger partial charge is 0.379 e. The van der Waals surface area contributed by atoms with Gasteiger partial charge in [0.15, 0.2) is 9.84 Å². The zero-order chi connectivity index (χ0) is 17.2. The minimum Gasteiger partial charge on any atom is -0.379 e. The van der Waals surface area contributed by atoms with Crippen LogP contribution in [-0.4, -0.2) is 99.9 Å². The first-order valence-electron chi connectivity index (χ1n) is 8.62. The van der Waals surface area contributed by atoms with Gasteiger partial charge in [0.2, 0.25) is 0 Å². The summed E-state index contributed by atoms with van der Waals surface area (Å²) in [6, 6.07) is -0.140. The fraction of sp³-hybridized carbons (Fsp3) is 0.933. The fourth-order valence-corrected chi connectivity index (χ4v) is 5.41. The van der Waals surface area contributed by atoms with Gasteiger partial charge in [-0.1, -0.05) is 6.92 Å². The summed E-state index contributed by atoms with van der Waals surface area (Å²) in [4.78, 5) is 15.6. The first-order valence-corrected chi connectivity index (χ1v) is 10.3. The van der Waals surface area contributed by atoms with Crippen LogP contribution in [0, 0.1) is 0 Å². The lowest BCUT2D eigenvalue weighted by Crippen LogP contribution is -2.72. The lowest BCUT2D eigenvalue weighted by molar-refractivity contribution is -0.119. The smallest absolute Gasteiger partial charge is 0.317 e. The molecule has 3 aliphatic rings. The third-order valence-corrected chi connectivity index (χ3v) is 7.11. The van der Waals surface area contributed by atoms with Gasteiger partial charge in [-0.05, 0) is 6.42 Å². The van der Waals surface area contributed by atoms with Crippen LogP contribution in [0.4, 0.5) is 4.79 Å². The van der Waals surface area contributed by atoms with Crippen LogP contribution in [-0.2, 0) is 19.3 Å². The van der Waals surface area contributed by atoms with E-state index in [0.717, 1.165) is 19.5 Å². The molecule has 9 heteroatoms. The highest BCUT2D eigenvalue weighted by atomic mass is 32.2. The predicted molar refractivity (Wildman–Crippen MR) is 88.8 cm³/mol. The van der Waals surface area contributed by atoms with Crippen molar-refractivity contribution < 1.29 is 22.7 Å². The Balaban J connectivity index is 1.52. The van der Waals surface area contributed by atoms with E-state index in [1.165, 1.54) is 0 Å². The third kappa shape index (κ3) is 3.84. The predicted octanol–water partition coefficient (Wildman–Crippen LogP) is -0.694. The number of amides is 2. The highest BCUT2D eigenvalue weighted by Crippen LogP contribution is 2.32. The van der Waals surface area contributed by atoms with E-state index in [-0.39, 0.29) is 18.4 Å². The van der Waals surface area contributed by atoms with Gasteiger partial charge in [0, 0.05) is 26.2 Å². The Bertz CT molecular complexity index is 555. The SMILES string of the molecule is CCCNC(=O)N1CC2(C1)CS(=O)(=O)[C@@H](CN1CCOCC1)CO2. The summed E-state index contributed by atoms with van der Waals surface area (Å²) in [5, 5.41) is 2.32. The highest BCUT2D eigenvalue weighted by molar-refractivity contribution is 7.92. The number of sulfone groups is 1. The first-order chi connectivity index (χ1) is 11.4. The number of nitrogens with zero attached hydrogens (tertiary/aromatic N) is 2. The average molecular weight is 361 g/mol. The van der Waals surface area contributed by atoms with Gasteiger partial charge in [-0.3, -0.25) is 4.90 Å². The fourth-order valence-electron chi connectivity index (χ4n) is 3.46. The minimum absolute atomic E-state index is 0.00651. The number of rotatable bonds is 4. The molecule has 0 aromatic heterocycles. The molecule has 0 aromatic carbocycles. The van der Waals surface area contributed by atoms with Crippen LogP contribution in [0.15, 0.2) is 0 Å². The van der Waals surface area contributed by atoms with E-state index in [2.05, 4.69) is 10.2 Å². The van der Waals surface area contributed by atoms with Crippen LogP contribution in [0.3, 0.4) is 0 Å². The summed E-state index contributed by atoms with van der Waals surface area (Å²) < 4.78 is 36.5.